The van der Waals surface area contributed by atoms with Crippen molar-refractivity contribution in [2.24, 2.45) is 0 Å². The van der Waals surface area contributed by atoms with Gasteiger partial charge in [0.1, 0.15) is 0 Å². The molecule has 1 rings (SSSR count). The Hall–Kier alpha value is -0.820. The molecule has 0 aliphatic heterocycles. The molecular formula is C17H29N. The summed E-state index contributed by atoms with van der Waals surface area (Å²) in [6.07, 6.45) is 7.88. The van der Waals surface area contributed by atoms with Gasteiger partial charge in [-0.1, -0.05) is 63.4 Å². The monoisotopic (exact) mass is 247 g/mol. The molecule has 1 unspecified atom stereocenters. The van der Waals surface area contributed by atoms with Crippen LogP contribution in [0.5, 0.6) is 0 Å². The molecule has 1 aromatic rings. The molecule has 0 aromatic heterocycles. The van der Waals surface area contributed by atoms with Gasteiger partial charge in [-0.3, -0.25) is 0 Å². The van der Waals surface area contributed by atoms with Crippen LogP contribution in [0.4, 0.5) is 0 Å². The third-order valence-corrected chi connectivity index (χ3v) is 3.83. The Morgan fingerprint density at radius 2 is 1.78 bits per heavy atom. The van der Waals surface area contributed by atoms with E-state index >= 15 is 0 Å². The lowest BCUT2D eigenvalue weighted by molar-refractivity contribution is 0.222. The Kier molecular flexibility index (Phi) is 7.75. The maximum absolute atomic E-state index is 2.54. The maximum atomic E-state index is 2.54. The molecule has 0 saturated carbocycles. The molecule has 0 aliphatic rings. The van der Waals surface area contributed by atoms with Crippen LogP contribution >= 0.6 is 0 Å². The van der Waals surface area contributed by atoms with E-state index in [1.54, 1.807) is 0 Å². The second kappa shape index (κ2) is 9.16. The van der Waals surface area contributed by atoms with Crippen LogP contribution in [0.1, 0.15) is 51.5 Å². The Labute approximate surface area is 113 Å². The van der Waals surface area contributed by atoms with E-state index in [-0.39, 0.29) is 0 Å². The average Bonchev–Trinajstić information content (AvgIpc) is 2.42. The second-order valence-electron chi connectivity index (χ2n) is 5.27. The van der Waals surface area contributed by atoms with Crippen LogP contribution in [0.3, 0.4) is 0 Å². The largest absolute Gasteiger partial charge is 0.303 e. The zero-order valence-corrected chi connectivity index (χ0v) is 12.4. The van der Waals surface area contributed by atoms with E-state index in [2.05, 4.69) is 56.1 Å². The quantitative estimate of drug-likeness (QED) is 0.580. The molecule has 1 nitrogen and oxygen atoms in total. The fourth-order valence-corrected chi connectivity index (χ4v) is 2.50. The Morgan fingerprint density at radius 3 is 2.39 bits per heavy atom. The van der Waals surface area contributed by atoms with Crippen LogP contribution in [-0.2, 0) is 6.42 Å². The van der Waals surface area contributed by atoms with Gasteiger partial charge >= 0.3 is 0 Å². The predicted molar refractivity (Wildman–Crippen MR) is 81.0 cm³/mol. The van der Waals surface area contributed by atoms with E-state index in [1.807, 2.05) is 0 Å². The van der Waals surface area contributed by atoms with Gasteiger partial charge in [0, 0.05) is 12.6 Å². The van der Waals surface area contributed by atoms with E-state index in [0.717, 1.165) is 6.04 Å². The van der Waals surface area contributed by atoms with Crippen LogP contribution in [0.25, 0.3) is 0 Å². The van der Waals surface area contributed by atoms with Crippen molar-refractivity contribution in [2.45, 2.75) is 58.4 Å². The van der Waals surface area contributed by atoms with Gasteiger partial charge < -0.3 is 4.90 Å². The van der Waals surface area contributed by atoms with Crippen LogP contribution in [0, 0.1) is 0 Å². The summed E-state index contributed by atoms with van der Waals surface area (Å²) in [7, 11) is 2.28. The summed E-state index contributed by atoms with van der Waals surface area (Å²) >= 11 is 0. The maximum Gasteiger partial charge on any atom is 0.00897 e. The van der Waals surface area contributed by atoms with Crippen LogP contribution < -0.4 is 0 Å². The number of nitrogens with zero attached hydrogens (tertiary/aromatic N) is 1. The zero-order valence-electron chi connectivity index (χ0n) is 12.4. The fraction of sp³-hybridized carbons (Fsp3) is 0.647. The first-order chi connectivity index (χ1) is 8.77. The summed E-state index contributed by atoms with van der Waals surface area (Å²) < 4.78 is 0. The molecule has 1 heteroatoms. The van der Waals surface area contributed by atoms with Gasteiger partial charge in [0.2, 0.25) is 0 Å². The molecule has 0 bridgehead atoms. The van der Waals surface area contributed by atoms with Crippen molar-refractivity contribution in [3.8, 4) is 0 Å². The van der Waals surface area contributed by atoms with Gasteiger partial charge in [-0.2, -0.15) is 0 Å². The lowest BCUT2D eigenvalue weighted by Crippen LogP contribution is -2.32. The minimum Gasteiger partial charge on any atom is -0.303 e. The van der Waals surface area contributed by atoms with Gasteiger partial charge in [0.05, 0.1) is 0 Å². The molecule has 1 atom stereocenters. The minimum absolute atomic E-state index is 0.764. The summed E-state index contributed by atoms with van der Waals surface area (Å²) in [5.41, 5.74) is 1.45. The number of benzene rings is 1. The SMILES string of the molecule is CCCCCC(CC)N(C)CCc1ccccc1. The highest BCUT2D eigenvalue weighted by Gasteiger charge is 2.11. The molecule has 0 N–H and O–H groups in total. The van der Waals surface area contributed by atoms with Crippen LogP contribution in [0.15, 0.2) is 30.3 Å². The Balaban J connectivity index is 2.30. The molecule has 102 valence electrons. The normalized spacial score (nSPS) is 12.9. The molecule has 0 amide bonds. The highest BCUT2D eigenvalue weighted by Crippen LogP contribution is 2.12. The smallest absolute Gasteiger partial charge is 0.00897 e. The van der Waals surface area contributed by atoms with E-state index in [4.69, 9.17) is 0 Å². The van der Waals surface area contributed by atoms with Crippen molar-refractivity contribution in [3.05, 3.63) is 35.9 Å². The molecule has 0 fully saturated rings. The topological polar surface area (TPSA) is 3.24 Å². The number of hydrogen-bond donors (Lipinski definition) is 0. The van der Waals surface area contributed by atoms with Gasteiger partial charge in [0.15, 0.2) is 0 Å². The van der Waals surface area contributed by atoms with E-state index in [0.29, 0.717) is 0 Å². The number of likely N-dealkylation sites (N-methyl/N-ethyl adjacent to an activating group) is 1. The van der Waals surface area contributed by atoms with Gasteiger partial charge in [-0.05, 0) is 31.9 Å². The lowest BCUT2D eigenvalue weighted by Gasteiger charge is -2.27. The van der Waals surface area contributed by atoms with Crippen molar-refractivity contribution < 1.29 is 0 Å². The summed E-state index contributed by atoms with van der Waals surface area (Å²) in [5, 5.41) is 0. The molecule has 18 heavy (non-hydrogen) atoms. The summed E-state index contributed by atoms with van der Waals surface area (Å²) in [4.78, 5) is 2.54. The van der Waals surface area contributed by atoms with Gasteiger partial charge in [-0.25, -0.2) is 0 Å². The van der Waals surface area contributed by atoms with Gasteiger partial charge in [-0.15, -0.1) is 0 Å². The molecule has 0 aliphatic carbocycles. The van der Waals surface area contributed by atoms with Crippen molar-refractivity contribution >= 4 is 0 Å². The van der Waals surface area contributed by atoms with E-state index in [9.17, 15) is 0 Å². The van der Waals surface area contributed by atoms with Gasteiger partial charge in [0.25, 0.3) is 0 Å². The zero-order chi connectivity index (χ0) is 13.2. The number of hydrogen-bond acceptors (Lipinski definition) is 1. The first kappa shape index (κ1) is 15.2. The molecule has 1 aromatic carbocycles. The first-order valence-corrected chi connectivity index (χ1v) is 7.52. The van der Waals surface area contributed by atoms with Crippen LogP contribution in [-0.4, -0.2) is 24.5 Å². The summed E-state index contributed by atoms with van der Waals surface area (Å²) in [6, 6.07) is 11.6. The molecular weight excluding hydrogens is 218 g/mol. The highest BCUT2D eigenvalue weighted by molar-refractivity contribution is 5.14. The van der Waals surface area contributed by atoms with Crippen molar-refractivity contribution in [1.82, 2.24) is 4.90 Å². The van der Waals surface area contributed by atoms with Crippen molar-refractivity contribution in [3.63, 3.8) is 0 Å². The van der Waals surface area contributed by atoms with E-state index in [1.165, 1.54) is 50.6 Å². The van der Waals surface area contributed by atoms with Crippen molar-refractivity contribution in [2.75, 3.05) is 13.6 Å². The van der Waals surface area contributed by atoms with Crippen LogP contribution in [0.2, 0.25) is 0 Å². The molecule has 0 saturated heterocycles. The molecule has 0 radical (unpaired) electrons. The average molecular weight is 247 g/mol. The fourth-order valence-electron chi connectivity index (χ4n) is 2.50. The highest BCUT2D eigenvalue weighted by atomic mass is 15.1. The lowest BCUT2D eigenvalue weighted by atomic mass is 10.0. The number of unbranched alkanes of at least 4 members (excludes halogenated alkanes) is 2. The van der Waals surface area contributed by atoms with E-state index < -0.39 is 0 Å². The Morgan fingerprint density at radius 1 is 1.06 bits per heavy atom. The minimum atomic E-state index is 0.764. The second-order valence-corrected chi connectivity index (χ2v) is 5.27. The summed E-state index contributed by atoms with van der Waals surface area (Å²) in [6.45, 7) is 5.77. The number of rotatable bonds is 9. The summed E-state index contributed by atoms with van der Waals surface area (Å²) in [5.74, 6) is 0. The molecule has 0 heterocycles. The molecule has 0 spiro atoms. The first-order valence-electron chi connectivity index (χ1n) is 7.52. The third kappa shape index (κ3) is 5.68. The predicted octanol–water partition coefficient (Wildman–Crippen LogP) is 4.52. The third-order valence-electron chi connectivity index (χ3n) is 3.83. The van der Waals surface area contributed by atoms with Crippen molar-refractivity contribution in [1.29, 1.82) is 0 Å². The standard InChI is InChI=1S/C17H29N/c1-4-6-8-13-17(5-2)18(3)15-14-16-11-9-7-10-12-16/h7,9-12,17H,4-6,8,13-15H2,1-3H3. The Bertz CT molecular complexity index is 294.